The number of anilines is 1. The number of nitrogens with zero attached hydrogens (tertiary/aromatic N) is 1. The Morgan fingerprint density at radius 3 is 2.52 bits per heavy atom. The number of hydrogen-bond donors (Lipinski definition) is 2. The van der Waals surface area contributed by atoms with Crippen molar-refractivity contribution >= 4 is 11.6 Å². The highest BCUT2D eigenvalue weighted by Gasteiger charge is 2.11. The third-order valence-corrected chi connectivity index (χ3v) is 3.11. The lowest BCUT2D eigenvalue weighted by molar-refractivity contribution is -0.119. The first-order valence-corrected chi connectivity index (χ1v) is 7.42. The zero-order chi connectivity index (χ0) is 15.7. The summed E-state index contributed by atoms with van der Waals surface area (Å²) in [5.74, 6) is 1.30. The Morgan fingerprint density at radius 1 is 1.33 bits per heavy atom. The van der Waals surface area contributed by atoms with Crippen molar-refractivity contribution in [2.45, 2.75) is 20.3 Å². The summed E-state index contributed by atoms with van der Waals surface area (Å²) in [4.78, 5) is 14.1. The summed E-state index contributed by atoms with van der Waals surface area (Å²) in [6.07, 6.45) is 0.851. The van der Waals surface area contributed by atoms with Crippen LogP contribution in [0, 0.1) is 5.92 Å². The van der Waals surface area contributed by atoms with Crippen LogP contribution in [-0.4, -0.2) is 39.2 Å². The van der Waals surface area contributed by atoms with Crippen molar-refractivity contribution in [2.24, 2.45) is 11.7 Å². The van der Waals surface area contributed by atoms with Gasteiger partial charge in [0.25, 0.3) is 0 Å². The van der Waals surface area contributed by atoms with Crippen molar-refractivity contribution in [3.63, 3.8) is 0 Å². The molecule has 1 aromatic rings. The van der Waals surface area contributed by atoms with E-state index < -0.39 is 0 Å². The smallest absolute Gasteiger partial charge is 0.239 e. The summed E-state index contributed by atoms with van der Waals surface area (Å²) in [5.41, 5.74) is 6.59. The molecule has 5 nitrogen and oxygen atoms in total. The molecule has 0 spiro atoms. The van der Waals surface area contributed by atoms with E-state index in [0.717, 1.165) is 24.4 Å². The molecule has 0 saturated heterocycles. The molecule has 0 aromatic heterocycles. The van der Waals surface area contributed by atoms with Gasteiger partial charge >= 0.3 is 0 Å². The fourth-order valence-electron chi connectivity index (χ4n) is 1.92. The molecule has 0 unspecified atom stereocenters. The molecule has 1 aromatic carbocycles. The molecule has 0 heterocycles. The Kier molecular flexibility index (Phi) is 7.61. The molecule has 0 aliphatic rings. The van der Waals surface area contributed by atoms with Crippen molar-refractivity contribution in [2.75, 3.05) is 38.2 Å². The van der Waals surface area contributed by atoms with Gasteiger partial charge in [0, 0.05) is 18.8 Å². The van der Waals surface area contributed by atoms with Crippen molar-refractivity contribution in [3.05, 3.63) is 24.3 Å². The molecular weight excluding hydrogens is 266 g/mol. The standard InChI is InChI=1S/C16H27N3O2/c1-13(2)11-18-16(20)12-19(10-4-9-17)14-5-7-15(21-3)8-6-14/h5-8,13H,4,9-12,17H2,1-3H3,(H,18,20). The number of hydrogen-bond acceptors (Lipinski definition) is 4. The highest BCUT2D eigenvalue weighted by Crippen LogP contribution is 2.19. The number of amides is 1. The van der Waals surface area contributed by atoms with Crippen LogP contribution in [0.25, 0.3) is 0 Å². The van der Waals surface area contributed by atoms with Gasteiger partial charge in [-0.2, -0.15) is 0 Å². The molecule has 3 N–H and O–H groups in total. The van der Waals surface area contributed by atoms with Gasteiger partial charge in [-0.3, -0.25) is 4.79 Å². The van der Waals surface area contributed by atoms with Gasteiger partial charge in [0.15, 0.2) is 0 Å². The summed E-state index contributed by atoms with van der Waals surface area (Å²) >= 11 is 0. The lowest BCUT2D eigenvalue weighted by Gasteiger charge is -2.24. The van der Waals surface area contributed by atoms with Crippen molar-refractivity contribution in [1.29, 1.82) is 0 Å². The summed E-state index contributed by atoms with van der Waals surface area (Å²) in [6.45, 7) is 6.58. The van der Waals surface area contributed by atoms with E-state index in [-0.39, 0.29) is 5.91 Å². The first-order chi connectivity index (χ1) is 10.1. The molecule has 0 aliphatic heterocycles. The molecule has 0 atom stereocenters. The second-order valence-electron chi connectivity index (χ2n) is 5.46. The second-order valence-corrected chi connectivity index (χ2v) is 5.46. The lowest BCUT2D eigenvalue weighted by Crippen LogP contribution is -2.39. The maximum atomic E-state index is 12.0. The molecule has 21 heavy (non-hydrogen) atoms. The Hall–Kier alpha value is -1.75. The molecule has 0 aliphatic carbocycles. The number of rotatable bonds is 9. The average molecular weight is 293 g/mol. The zero-order valence-corrected chi connectivity index (χ0v) is 13.3. The van der Waals surface area contributed by atoms with Gasteiger partial charge in [0.1, 0.15) is 5.75 Å². The molecule has 1 amide bonds. The van der Waals surface area contributed by atoms with Gasteiger partial charge in [-0.1, -0.05) is 13.8 Å². The molecule has 0 fully saturated rings. The van der Waals surface area contributed by atoms with E-state index in [2.05, 4.69) is 19.2 Å². The fourth-order valence-corrected chi connectivity index (χ4v) is 1.92. The molecular formula is C16H27N3O2. The predicted octanol–water partition coefficient (Wildman–Crippen LogP) is 1.62. The quantitative estimate of drug-likeness (QED) is 0.726. The van der Waals surface area contributed by atoms with Crippen molar-refractivity contribution in [3.8, 4) is 5.75 Å². The van der Waals surface area contributed by atoms with Crippen LogP contribution >= 0.6 is 0 Å². The van der Waals surface area contributed by atoms with Crippen LogP contribution < -0.4 is 20.7 Å². The molecule has 5 heteroatoms. The van der Waals surface area contributed by atoms with Crippen LogP contribution in [0.2, 0.25) is 0 Å². The second kappa shape index (κ2) is 9.23. The van der Waals surface area contributed by atoms with Gasteiger partial charge < -0.3 is 20.7 Å². The number of nitrogens with two attached hydrogens (primary N) is 1. The first-order valence-electron chi connectivity index (χ1n) is 7.42. The van der Waals surface area contributed by atoms with E-state index >= 15 is 0 Å². The van der Waals surface area contributed by atoms with Crippen LogP contribution in [0.1, 0.15) is 20.3 Å². The minimum atomic E-state index is 0.0385. The van der Waals surface area contributed by atoms with E-state index in [1.54, 1.807) is 7.11 Å². The normalized spacial score (nSPS) is 10.5. The molecule has 0 radical (unpaired) electrons. The minimum Gasteiger partial charge on any atom is -0.497 e. The minimum absolute atomic E-state index is 0.0385. The van der Waals surface area contributed by atoms with Crippen LogP contribution in [0.4, 0.5) is 5.69 Å². The third-order valence-electron chi connectivity index (χ3n) is 3.11. The number of nitrogens with one attached hydrogen (secondary N) is 1. The average Bonchev–Trinajstić information content (AvgIpc) is 2.49. The maximum absolute atomic E-state index is 12.0. The van der Waals surface area contributed by atoms with Gasteiger partial charge in [0.05, 0.1) is 13.7 Å². The van der Waals surface area contributed by atoms with Gasteiger partial charge in [-0.05, 0) is 43.1 Å². The third kappa shape index (κ3) is 6.49. The highest BCUT2D eigenvalue weighted by molar-refractivity contribution is 5.81. The SMILES string of the molecule is COc1ccc(N(CCCN)CC(=O)NCC(C)C)cc1. The summed E-state index contributed by atoms with van der Waals surface area (Å²) < 4.78 is 5.16. The maximum Gasteiger partial charge on any atom is 0.239 e. The van der Waals surface area contributed by atoms with Gasteiger partial charge in [-0.25, -0.2) is 0 Å². The Morgan fingerprint density at radius 2 is 2.00 bits per heavy atom. The largest absolute Gasteiger partial charge is 0.497 e. The van der Waals surface area contributed by atoms with E-state index in [9.17, 15) is 4.79 Å². The molecule has 1 rings (SSSR count). The Balaban J connectivity index is 2.67. The number of carbonyl (C=O) groups excluding carboxylic acids is 1. The van der Waals surface area contributed by atoms with Crippen LogP contribution in [0.3, 0.4) is 0 Å². The van der Waals surface area contributed by atoms with E-state index in [4.69, 9.17) is 10.5 Å². The van der Waals surface area contributed by atoms with E-state index in [0.29, 0.717) is 25.6 Å². The summed E-state index contributed by atoms with van der Waals surface area (Å²) in [5, 5.41) is 2.94. The summed E-state index contributed by atoms with van der Waals surface area (Å²) in [6, 6.07) is 7.73. The fraction of sp³-hybridized carbons (Fsp3) is 0.562. The van der Waals surface area contributed by atoms with Crippen molar-refractivity contribution in [1.82, 2.24) is 5.32 Å². The van der Waals surface area contributed by atoms with Crippen LogP contribution in [-0.2, 0) is 4.79 Å². The van der Waals surface area contributed by atoms with Crippen LogP contribution in [0.15, 0.2) is 24.3 Å². The van der Waals surface area contributed by atoms with Crippen LogP contribution in [0.5, 0.6) is 5.75 Å². The highest BCUT2D eigenvalue weighted by atomic mass is 16.5. The van der Waals surface area contributed by atoms with E-state index in [1.807, 2.05) is 29.2 Å². The summed E-state index contributed by atoms with van der Waals surface area (Å²) in [7, 11) is 1.64. The topological polar surface area (TPSA) is 67.6 Å². The zero-order valence-electron chi connectivity index (χ0n) is 13.3. The number of benzene rings is 1. The van der Waals surface area contributed by atoms with Gasteiger partial charge in [-0.15, -0.1) is 0 Å². The molecule has 0 bridgehead atoms. The number of methoxy groups -OCH3 is 1. The first kappa shape index (κ1) is 17.3. The number of ether oxygens (including phenoxy) is 1. The number of carbonyl (C=O) groups is 1. The lowest BCUT2D eigenvalue weighted by atomic mass is 10.2. The Labute approximate surface area is 127 Å². The molecule has 118 valence electrons. The predicted molar refractivity (Wildman–Crippen MR) is 86.7 cm³/mol. The van der Waals surface area contributed by atoms with Gasteiger partial charge in [0.2, 0.25) is 5.91 Å². The molecule has 0 saturated carbocycles. The van der Waals surface area contributed by atoms with E-state index in [1.165, 1.54) is 0 Å². The monoisotopic (exact) mass is 293 g/mol. The Bertz CT molecular complexity index is 418. The van der Waals surface area contributed by atoms with Crippen molar-refractivity contribution < 1.29 is 9.53 Å².